The minimum Gasteiger partial charge on any atom is -0.366 e. The number of aryl methyl sites for hydroxylation is 1. The molecule has 1 amide bonds. The number of hydrogen-bond donors (Lipinski definition) is 3. The number of carbonyl (C=O) groups is 1. The van der Waals surface area contributed by atoms with Crippen LogP contribution < -0.4 is 11.1 Å². The molecule has 4 rings (SSSR count). The summed E-state index contributed by atoms with van der Waals surface area (Å²) in [6.45, 7) is 2.06. The zero-order valence-electron chi connectivity index (χ0n) is 14.9. The number of benzene rings is 1. The lowest BCUT2D eigenvalue weighted by molar-refractivity contribution is 0.0996. The third-order valence-electron chi connectivity index (χ3n) is 5.10. The van der Waals surface area contributed by atoms with Gasteiger partial charge in [0.05, 0.1) is 11.9 Å². The molecule has 0 saturated heterocycles. The van der Waals surface area contributed by atoms with E-state index in [9.17, 15) is 4.79 Å². The van der Waals surface area contributed by atoms with Crippen LogP contribution in [0, 0.1) is 6.92 Å². The lowest BCUT2D eigenvalue weighted by atomic mass is 9.95. The van der Waals surface area contributed by atoms with Crippen molar-refractivity contribution in [3.63, 3.8) is 0 Å². The number of carbonyl (C=O) groups excluding carboxylic acids is 1. The van der Waals surface area contributed by atoms with Crippen molar-refractivity contribution in [1.82, 2.24) is 15.0 Å². The number of aromatic nitrogens is 3. The number of amides is 1. The number of hydrogen-bond acceptors (Lipinski definition) is 4. The molecule has 2 heterocycles. The third-order valence-corrected chi connectivity index (χ3v) is 5.10. The molecule has 1 aromatic carbocycles. The molecule has 134 valence electrons. The predicted molar refractivity (Wildman–Crippen MR) is 103 cm³/mol. The second-order valence-corrected chi connectivity index (χ2v) is 7.02. The highest BCUT2D eigenvalue weighted by Crippen LogP contribution is 2.28. The average Bonchev–Trinajstić information content (AvgIpc) is 3.08. The van der Waals surface area contributed by atoms with Crippen molar-refractivity contribution in [2.45, 2.75) is 45.1 Å². The fraction of sp³-hybridized carbons (Fsp3) is 0.350. The number of nitrogens with zero attached hydrogens (tertiary/aromatic N) is 2. The van der Waals surface area contributed by atoms with Gasteiger partial charge in [0.1, 0.15) is 11.5 Å². The number of nitrogens with one attached hydrogen (secondary N) is 2. The second kappa shape index (κ2) is 6.78. The van der Waals surface area contributed by atoms with Crippen molar-refractivity contribution in [3.8, 4) is 11.4 Å². The zero-order chi connectivity index (χ0) is 18.1. The van der Waals surface area contributed by atoms with Crippen molar-refractivity contribution in [2.24, 2.45) is 5.73 Å². The SMILES string of the molecule is Cc1cccc2[nH]c(-c3nc(NC4CCCCC4)cnc3C(N)=O)cc12. The summed E-state index contributed by atoms with van der Waals surface area (Å²) in [5.74, 6) is 0.111. The molecule has 0 radical (unpaired) electrons. The molecule has 6 nitrogen and oxygen atoms in total. The van der Waals surface area contributed by atoms with E-state index in [2.05, 4.69) is 33.3 Å². The van der Waals surface area contributed by atoms with Crippen LogP contribution in [0.3, 0.4) is 0 Å². The van der Waals surface area contributed by atoms with E-state index in [1.165, 1.54) is 19.3 Å². The van der Waals surface area contributed by atoms with E-state index in [0.29, 0.717) is 17.6 Å². The molecule has 0 unspecified atom stereocenters. The molecule has 0 spiro atoms. The van der Waals surface area contributed by atoms with E-state index in [1.54, 1.807) is 6.20 Å². The van der Waals surface area contributed by atoms with Crippen LogP contribution in [0.25, 0.3) is 22.3 Å². The van der Waals surface area contributed by atoms with Crippen LogP contribution in [0.15, 0.2) is 30.5 Å². The lowest BCUT2D eigenvalue weighted by Gasteiger charge is -2.23. The standard InChI is InChI=1S/C20H23N5O/c1-12-6-5-9-15-14(12)10-16(24-15)18-19(20(21)26)22-11-17(25-18)23-13-7-3-2-4-8-13/h5-6,9-11,13,24H,2-4,7-8H2,1H3,(H2,21,26)(H,23,25). The third kappa shape index (κ3) is 3.14. The fourth-order valence-corrected chi connectivity index (χ4v) is 3.72. The van der Waals surface area contributed by atoms with E-state index >= 15 is 0 Å². The first-order chi connectivity index (χ1) is 12.6. The van der Waals surface area contributed by atoms with Gasteiger partial charge in [-0.2, -0.15) is 0 Å². The van der Waals surface area contributed by atoms with E-state index in [1.807, 2.05) is 18.2 Å². The first kappa shape index (κ1) is 16.6. The van der Waals surface area contributed by atoms with Gasteiger partial charge in [0, 0.05) is 16.9 Å². The molecule has 1 saturated carbocycles. The Balaban J connectivity index is 1.75. The quantitative estimate of drug-likeness (QED) is 0.668. The summed E-state index contributed by atoms with van der Waals surface area (Å²) in [7, 11) is 0. The number of fused-ring (bicyclic) bond motifs is 1. The Bertz CT molecular complexity index is 956. The number of primary amides is 1. The maximum absolute atomic E-state index is 11.9. The van der Waals surface area contributed by atoms with Gasteiger partial charge in [-0.3, -0.25) is 4.79 Å². The van der Waals surface area contributed by atoms with Crippen molar-refractivity contribution in [1.29, 1.82) is 0 Å². The molecular formula is C20H23N5O. The molecule has 0 bridgehead atoms. The molecule has 0 atom stereocenters. The Morgan fingerprint density at radius 1 is 1.27 bits per heavy atom. The molecule has 2 aromatic heterocycles. The molecule has 4 N–H and O–H groups in total. The van der Waals surface area contributed by atoms with E-state index < -0.39 is 5.91 Å². The van der Waals surface area contributed by atoms with Crippen molar-refractivity contribution >= 4 is 22.6 Å². The molecule has 0 aliphatic heterocycles. The van der Waals surface area contributed by atoms with Crippen molar-refractivity contribution in [3.05, 3.63) is 41.7 Å². The summed E-state index contributed by atoms with van der Waals surface area (Å²) in [6.07, 6.45) is 7.65. The Morgan fingerprint density at radius 2 is 2.08 bits per heavy atom. The topological polar surface area (TPSA) is 96.7 Å². The Morgan fingerprint density at radius 3 is 2.81 bits per heavy atom. The predicted octanol–water partition coefficient (Wildman–Crippen LogP) is 3.78. The van der Waals surface area contributed by atoms with Crippen LogP contribution in [0.2, 0.25) is 0 Å². The van der Waals surface area contributed by atoms with Gasteiger partial charge in [-0.25, -0.2) is 9.97 Å². The van der Waals surface area contributed by atoms with E-state index in [4.69, 9.17) is 5.73 Å². The fourth-order valence-electron chi connectivity index (χ4n) is 3.72. The van der Waals surface area contributed by atoms with Gasteiger partial charge in [-0.05, 0) is 37.5 Å². The number of nitrogens with two attached hydrogens (primary N) is 1. The van der Waals surface area contributed by atoms with Crippen LogP contribution in [-0.2, 0) is 0 Å². The Hall–Kier alpha value is -2.89. The van der Waals surface area contributed by atoms with E-state index in [0.717, 1.165) is 35.0 Å². The van der Waals surface area contributed by atoms with Gasteiger partial charge in [0.15, 0.2) is 5.69 Å². The molecule has 6 heteroatoms. The number of H-pyrrole nitrogens is 1. The van der Waals surface area contributed by atoms with Crippen molar-refractivity contribution in [2.75, 3.05) is 5.32 Å². The summed E-state index contributed by atoms with van der Waals surface area (Å²) < 4.78 is 0. The minimum atomic E-state index is -0.577. The second-order valence-electron chi connectivity index (χ2n) is 7.02. The first-order valence-electron chi connectivity index (χ1n) is 9.14. The van der Waals surface area contributed by atoms with Crippen molar-refractivity contribution < 1.29 is 4.79 Å². The van der Waals surface area contributed by atoms with E-state index in [-0.39, 0.29) is 5.69 Å². The summed E-state index contributed by atoms with van der Waals surface area (Å²) in [6, 6.07) is 8.48. The summed E-state index contributed by atoms with van der Waals surface area (Å²) in [5.41, 5.74) is 9.13. The number of anilines is 1. The maximum Gasteiger partial charge on any atom is 0.269 e. The van der Waals surface area contributed by atoms with Gasteiger partial charge in [-0.15, -0.1) is 0 Å². The molecule has 26 heavy (non-hydrogen) atoms. The van der Waals surface area contributed by atoms with Crippen LogP contribution in [0.5, 0.6) is 0 Å². The highest BCUT2D eigenvalue weighted by Gasteiger charge is 2.19. The number of rotatable bonds is 4. The van der Waals surface area contributed by atoms with Gasteiger partial charge < -0.3 is 16.0 Å². The molecule has 1 fully saturated rings. The van der Waals surface area contributed by atoms with Gasteiger partial charge in [0.2, 0.25) is 0 Å². The van der Waals surface area contributed by atoms with Gasteiger partial charge >= 0.3 is 0 Å². The highest BCUT2D eigenvalue weighted by molar-refractivity contribution is 5.98. The minimum absolute atomic E-state index is 0.184. The van der Waals surface area contributed by atoms with Crippen LogP contribution in [0.4, 0.5) is 5.82 Å². The molecule has 3 aromatic rings. The zero-order valence-corrected chi connectivity index (χ0v) is 14.9. The molecule has 1 aliphatic carbocycles. The van der Waals surface area contributed by atoms with Crippen LogP contribution in [-0.4, -0.2) is 26.9 Å². The number of aromatic amines is 1. The highest BCUT2D eigenvalue weighted by atomic mass is 16.1. The first-order valence-corrected chi connectivity index (χ1v) is 9.14. The van der Waals surface area contributed by atoms with Gasteiger partial charge in [-0.1, -0.05) is 31.4 Å². The summed E-state index contributed by atoms with van der Waals surface area (Å²) in [4.78, 5) is 24.2. The average molecular weight is 349 g/mol. The monoisotopic (exact) mass is 349 g/mol. The smallest absolute Gasteiger partial charge is 0.269 e. The van der Waals surface area contributed by atoms with Crippen LogP contribution >= 0.6 is 0 Å². The van der Waals surface area contributed by atoms with Crippen LogP contribution in [0.1, 0.15) is 48.2 Å². The molecule has 1 aliphatic rings. The molecular weight excluding hydrogens is 326 g/mol. The van der Waals surface area contributed by atoms with Gasteiger partial charge in [0.25, 0.3) is 5.91 Å². The normalized spacial score (nSPS) is 15.3. The lowest BCUT2D eigenvalue weighted by Crippen LogP contribution is -2.24. The summed E-state index contributed by atoms with van der Waals surface area (Å²) >= 11 is 0. The Labute approximate surface area is 152 Å². The summed E-state index contributed by atoms with van der Waals surface area (Å²) in [5, 5.41) is 4.56. The maximum atomic E-state index is 11.9. The largest absolute Gasteiger partial charge is 0.366 e. The Kier molecular flexibility index (Phi) is 4.32.